The summed E-state index contributed by atoms with van der Waals surface area (Å²) in [7, 11) is 0. The third-order valence-electron chi connectivity index (χ3n) is 3.26. The number of anilines is 1. The summed E-state index contributed by atoms with van der Waals surface area (Å²) in [5, 5.41) is 14.9. The number of nitrogens with one attached hydrogen (secondary N) is 1. The molecule has 0 unspecified atom stereocenters. The lowest BCUT2D eigenvalue weighted by Crippen LogP contribution is -2.09. The Morgan fingerprint density at radius 3 is 2.60 bits per heavy atom. The molecule has 0 bridgehead atoms. The summed E-state index contributed by atoms with van der Waals surface area (Å²) < 4.78 is 27.5. The minimum absolute atomic E-state index is 0.0595. The van der Waals surface area contributed by atoms with E-state index in [-0.39, 0.29) is 27.0 Å². The zero-order valence-electron chi connectivity index (χ0n) is 12.6. The van der Waals surface area contributed by atoms with E-state index in [2.05, 4.69) is 10.3 Å². The molecule has 0 aliphatic rings. The van der Waals surface area contributed by atoms with Crippen LogP contribution in [0.1, 0.15) is 14.5 Å². The molecule has 0 aliphatic heterocycles. The fourth-order valence-corrected chi connectivity index (χ4v) is 3.69. The van der Waals surface area contributed by atoms with Crippen LogP contribution in [0.5, 0.6) is 0 Å². The standard InChI is InChI=1S/C15H9F2N3O3S2/c1-7-11(20(22)23)5-12(25-7)14(21)19-15-18-10(6-24-15)13-8(16)3-2-4-9(13)17/h2-6H,1H3,(H,18,19,21). The number of hydrogen-bond acceptors (Lipinski definition) is 6. The summed E-state index contributed by atoms with van der Waals surface area (Å²) in [6, 6.07) is 4.66. The van der Waals surface area contributed by atoms with E-state index in [9.17, 15) is 23.7 Å². The highest BCUT2D eigenvalue weighted by Gasteiger charge is 2.21. The third-order valence-corrected chi connectivity index (χ3v) is 5.05. The highest BCUT2D eigenvalue weighted by Crippen LogP contribution is 2.31. The Bertz CT molecular complexity index is 964. The van der Waals surface area contributed by atoms with Crippen molar-refractivity contribution in [3.05, 3.63) is 61.1 Å². The van der Waals surface area contributed by atoms with Gasteiger partial charge in [-0.2, -0.15) is 0 Å². The molecule has 0 atom stereocenters. The van der Waals surface area contributed by atoms with Crippen LogP contribution in [0.15, 0.2) is 29.6 Å². The van der Waals surface area contributed by atoms with Crippen molar-refractivity contribution in [2.75, 3.05) is 5.32 Å². The molecule has 1 amide bonds. The van der Waals surface area contributed by atoms with Crippen LogP contribution >= 0.6 is 22.7 Å². The van der Waals surface area contributed by atoms with Crippen LogP contribution in [0.2, 0.25) is 0 Å². The minimum Gasteiger partial charge on any atom is -0.297 e. The maximum Gasteiger partial charge on any atom is 0.283 e. The number of nitro groups is 1. The first-order chi connectivity index (χ1) is 11.9. The van der Waals surface area contributed by atoms with Gasteiger partial charge in [-0.15, -0.1) is 22.7 Å². The number of thiazole rings is 1. The van der Waals surface area contributed by atoms with E-state index < -0.39 is 22.5 Å². The van der Waals surface area contributed by atoms with Gasteiger partial charge in [-0.1, -0.05) is 6.07 Å². The quantitative estimate of drug-likeness (QED) is 0.528. The van der Waals surface area contributed by atoms with Crippen molar-refractivity contribution in [3.8, 4) is 11.3 Å². The van der Waals surface area contributed by atoms with Crippen LogP contribution in [0.3, 0.4) is 0 Å². The number of carbonyl (C=O) groups is 1. The Kier molecular flexibility index (Phi) is 4.55. The molecule has 0 radical (unpaired) electrons. The van der Waals surface area contributed by atoms with Crippen LogP contribution in [0.25, 0.3) is 11.3 Å². The highest BCUT2D eigenvalue weighted by atomic mass is 32.1. The van der Waals surface area contributed by atoms with Gasteiger partial charge in [0, 0.05) is 11.4 Å². The molecule has 128 valence electrons. The van der Waals surface area contributed by atoms with Gasteiger partial charge in [0.2, 0.25) is 0 Å². The second kappa shape index (κ2) is 6.65. The lowest BCUT2D eigenvalue weighted by Gasteiger charge is -2.01. The molecule has 6 nitrogen and oxygen atoms in total. The van der Waals surface area contributed by atoms with Crippen LogP contribution in [0.4, 0.5) is 19.6 Å². The molecule has 0 spiro atoms. The molecule has 25 heavy (non-hydrogen) atoms. The lowest BCUT2D eigenvalue weighted by molar-refractivity contribution is -0.385. The number of thiophene rings is 1. The van der Waals surface area contributed by atoms with Gasteiger partial charge in [0.05, 0.1) is 25.9 Å². The summed E-state index contributed by atoms with van der Waals surface area (Å²) in [4.78, 5) is 27.0. The second-order valence-electron chi connectivity index (χ2n) is 4.90. The third kappa shape index (κ3) is 3.39. The summed E-state index contributed by atoms with van der Waals surface area (Å²) >= 11 is 1.98. The first-order valence-electron chi connectivity index (χ1n) is 6.83. The first kappa shape index (κ1) is 17.1. The number of amides is 1. The number of rotatable bonds is 4. The molecule has 0 saturated heterocycles. The Hall–Kier alpha value is -2.72. The van der Waals surface area contributed by atoms with Gasteiger partial charge < -0.3 is 0 Å². The normalized spacial score (nSPS) is 10.7. The molecule has 3 aromatic rings. The maximum absolute atomic E-state index is 13.8. The van der Waals surface area contributed by atoms with E-state index in [1.165, 1.54) is 17.5 Å². The molecule has 2 heterocycles. The number of hydrogen-bond donors (Lipinski definition) is 1. The van der Waals surface area contributed by atoms with Crippen LogP contribution in [-0.4, -0.2) is 15.8 Å². The molecule has 3 rings (SSSR count). The van der Waals surface area contributed by atoms with Crippen LogP contribution < -0.4 is 5.32 Å². The van der Waals surface area contributed by atoms with Gasteiger partial charge in [-0.25, -0.2) is 13.8 Å². The van der Waals surface area contributed by atoms with Gasteiger partial charge in [-0.3, -0.25) is 20.2 Å². The predicted octanol–water partition coefficient (Wildman–Crippen LogP) is 4.62. The van der Waals surface area contributed by atoms with E-state index in [4.69, 9.17) is 0 Å². The minimum atomic E-state index is -0.757. The van der Waals surface area contributed by atoms with Crippen molar-refractivity contribution < 1.29 is 18.5 Å². The number of halogens is 2. The second-order valence-corrected chi connectivity index (χ2v) is 7.01. The van der Waals surface area contributed by atoms with Crippen molar-refractivity contribution in [2.45, 2.75) is 6.92 Å². The number of nitrogens with zero attached hydrogens (tertiary/aromatic N) is 2. The summed E-state index contributed by atoms with van der Waals surface area (Å²) in [5.74, 6) is -2.09. The van der Waals surface area contributed by atoms with E-state index in [1.807, 2.05) is 0 Å². The SMILES string of the molecule is Cc1sc(C(=O)Nc2nc(-c3c(F)cccc3F)cs2)cc1[N+](=O)[O-]. The smallest absolute Gasteiger partial charge is 0.283 e. The Morgan fingerprint density at radius 2 is 2.00 bits per heavy atom. The van der Waals surface area contributed by atoms with Crippen molar-refractivity contribution in [2.24, 2.45) is 0 Å². The fraction of sp³-hybridized carbons (Fsp3) is 0.0667. The van der Waals surface area contributed by atoms with Crippen molar-refractivity contribution >= 4 is 39.4 Å². The largest absolute Gasteiger partial charge is 0.297 e. The number of aryl methyl sites for hydroxylation is 1. The molecule has 0 aliphatic carbocycles. The van der Waals surface area contributed by atoms with Gasteiger partial charge >= 0.3 is 0 Å². The Labute approximate surface area is 147 Å². The number of carbonyl (C=O) groups excluding carboxylic acids is 1. The van der Waals surface area contributed by atoms with Gasteiger partial charge in [-0.05, 0) is 19.1 Å². The molecule has 1 N–H and O–H groups in total. The Morgan fingerprint density at radius 1 is 1.32 bits per heavy atom. The first-order valence-corrected chi connectivity index (χ1v) is 8.52. The molecule has 0 saturated carbocycles. The monoisotopic (exact) mass is 381 g/mol. The zero-order valence-corrected chi connectivity index (χ0v) is 14.2. The summed E-state index contributed by atoms with van der Waals surface area (Å²) in [6.07, 6.45) is 0. The summed E-state index contributed by atoms with van der Waals surface area (Å²) in [5.41, 5.74) is -0.352. The fourth-order valence-electron chi connectivity index (χ4n) is 2.11. The van der Waals surface area contributed by atoms with E-state index in [0.29, 0.717) is 4.88 Å². The van der Waals surface area contributed by atoms with E-state index in [1.54, 1.807) is 6.92 Å². The molecular weight excluding hydrogens is 372 g/mol. The molecule has 10 heteroatoms. The molecule has 0 fully saturated rings. The summed E-state index contributed by atoms with van der Waals surface area (Å²) in [6.45, 7) is 1.54. The topological polar surface area (TPSA) is 85.1 Å². The number of benzene rings is 1. The van der Waals surface area contributed by atoms with Crippen molar-refractivity contribution in [1.29, 1.82) is 0 Å². The van der Waals surface area contributed by atoms with Gasteiger partial charge in [0.1, 0.15) is 11.6 Å². The highest BCUT2D eigenvalue weighted by molar-refractivity contribution is 7.15. The molecule has 1 aromatic carbocycles. The van der Waals surface area contributed by atoms with Gasteiger partial charge in [0.25, 0.3) is 11.6 Å². The number of aromatic nitrogens is 1. The lowest BCUT2D eigenvalue weighted by atomic mass is 10.1. The van der Waals surface area contributed by atoms with Gasteiger partial charge in [0.15, 0.2) is 5.13 Å². The van der Waals surface area contributed by atoms with E-state index >= 15 is 0 Å². The average molecular weight is 381 g/mol. The van der Waals surface area contributed by atoms with E-state index in [0.717, 1.165) is 34.8 Å². The zero-order chi connectivity index (χ0) is 18.1. The maximum atomic E-state index is 13.8. The average Bonchev–Trinajstić information content (AvgIpc) is 3.14. The predicted molar refractivity (Wildman–Crippen MR) is 91.1 cm³/mol. The van der Waals surface area contributed by atoms with Crippen molar-refractivity contribution in [1.82, 2.24) is 4.98 Å². The van der Waals surface area contributed by atoms with Crippen LogP contribution in [-0.2, 0) is 0 Å². The molecular formula is C15H9F2N3O3S2. The molecule has 2 aromatic heterocycles. The van der Waals surface area contributed by atoms with Crippen molar-refractivity contribution in [3.63, 3.8) is 0 Å². The van der Waals surface area contributed by atoms with Crippen LogP contribution in [0, 0.1) is 28.7 Å². The Balaban J connectivity index is 1.83.